The van der Waals surface area contributed by atoms with Gasteiger partial charge in [-0.25, -0.2) is 0 Å². The van der Waals surface area contributed by atoms with Crippen LogP contribution >= 0.6 is 11.8 Å². The molecule has 2 aromatic rings. The third-order valence-corrected chi connectivity index (χ3v) is 10.7. The van der Waals surface area contributed by atoms with Crippen molar-refractivity contribution in [3.05, 3.63) is 77.9 Å². The predicted molar refractivity (Wildman–Crippen MR) is 165 cm³/mol. The molecule has 2 saturated heterocycles. The quantitative estimate of drug-likeness (QED) is 0.516. The lowest BCUT2D eigenvalue weighted by Crippen LogP contribution is -2.56. The molecule has 4 aliphatic rings. The number of aliphatic hydroxyl groups is 1. The van der Waals surface area contributed by atoms with Crippen LogP contribution in [0, 0.1) is 25.7 Å². The molecule has 4 aliphatic heterocycles. The van der Waals surface area contributed by atoms with Crippen LogP contribution in [0.5, 0.6) is 5.75 Å². The second-order valence-corrected chi connectivity index (χ2v) is 13.0. The first-order valence-electron chi connectivity index (χ1n) is 14.6. The fraction of sp³-hybridized carbons (Fsp3) is 0.424. The number of hydrogen-bond acceptors (Lipinski definition) is 6. The molecule has 0 bridgehead atoms. The molecule has 0 aromatic heterocycles. The topological polar surface area (TPSA) is 90.4 Å². The first kappa shape index (κ1) is 28.6. The van der Waals surface area contributed by atoms with Crippen molar-refractivity contribution in [1.29, 1.82) is 0 Å². The third-order valence-electron chi connectivity index (χ3n) is 9.00. The molecule has 42 heavy (non-hydrogen) atoms. The van der Waals surface area contributed by atoms with Crippen LogP contribution in [0.15, 0.2) is 66.8 Å². The number of para-hydroxylation sites is 1. The number of carbonyl (C=O) groups excluding carboxylic acids is 3. The van der Waals surface area contributed by atoms with E-state index in [0.29, 0.717) is 19.7 Å². The van der Waals surface area contributed by atoms with Gasteiger partial charge in [0.15, 0.2) is 0 Å². The van der Waals surface area contributed by atoms with Crippen LogP contribution in [0.3, 0.4) is 0 Å². The Morgan fingerprint density at radius 2 is 1.67 bits per heavy atom. The van der Waals surface area contributed by atoms with E-state index in [9.17, 15) is 19.5 Å². The van der Waals surface area contributed by atoms with Crippen LogP contribution in [0.1, 0.15) is 25.0 Å². The number of fused-ring (bicyclic) bond motifs is 2. The number of benzene rings is 2. The van der Waals surface area contributed by atoms with Crippen LogP contribution in [-0.2, 0) is 14.4 Å². The summed E-state index contributed by atoms with van der Waals surface area (Å²) in [6.07, 6.45) is 8.01. The Kier molecular flexibility index (Phi) is 7.43. The summed E-state index contributed by atoms with van der Waals surface area (Å²) in [6.45, 7) is 8.68. The van der Waals surface area contributed by atoms with Crippen molar-refractivity contribution in [3.8, 4) is 5.75 Å². The molecule has 3 amide bonds. The molecule has 2 fully saturated rings. The summed E-state index contributed by atoms with van der Waals surface area (Å²) in [5, 5.41) is 9.97. The highest BCUT2D eigenvalue weighted by molar-refractivity contribution is 8.02. The zero-order valence-electron chi connectivity index (χ0n) is 24.4. The number of anilines is 2. The zero-order valence-corrected chi connectivity index (χ0v) is 25.2. The summed E-state index contributed by atoms with van der Waals surface area (Å²) in [5.74, 6) is -1.24. The molecule has 1 unspecified atom stereocenters. The van der Waals surface area contributed by atoms with Crippen LogP contribution < -0.4 is 14.5 Å². The molecule has 220 valence electrons. The summed E-state index contributed by atoms with van der Waals surface area (Å²) >= 11 is 1.55. The van der Waals surface area contributed by atoms with Crippen molar-refractivity contribution in [2.45, 2.75) is 49.8 Å². The molecule has 8 nitrogen and oxygen atoms in total. The predicted octanol–water partition coefficient (Wildman–Crippen LogP) is 3.89. The number of aryl methyl sites for hydroxylation is 2. The lowest BCUT2D eigenvalue weighted by Gasteiger charge is -2.38. The molecular weight excluding hydrogens is 550 g/mol. The number of rotatable bonds is 6. The van der Waals surface area contributed by atoms with E-state index in [1.165, 1.54) is 0 Å². The Hall–Kier alpha value is -3.56. The second-order valence-electron chi connectivity index (χ2n) is 11.5. The lowest BCUT2D eigenvalue weighted by atomic mass is 9.78. The molecule has 1 N–H and O–H groups in total. The Morgan fingerprint density at radius 3 is 2.33 bits per heavy atom. The monoisotopic (exact) mass is 587 g/mol. The first-order chi connectivity index (χ1) is 20.2. The summed E-state index contributed by atoms with van der Waals surface area (Å²) in [6, 6.07) is 11.9. The van der Waals surface area contributed by atoms with E-state index >= 15 is 0 Å². The van der Waals surface area contributed by atoms with Gasteiger partial charge in [0.2, 0.25) is 11.8 Å². The minimum Gasteiger partial charge on any atom is -0.494 e. The van der Waals surface area contributed by atoms with Gasteiger partial charge in [0.25, 0.3) is 5.91 Å². The smallest absolute Gasteiger partial charge is 0.251 e. The van der Waals surface area contributed by atoms with Crippen molar-refractivity contribution >= 4 is 40.9 Å². The number of thioether (sulfide) groups is 1. The maximum atomic E-state index is 14.6. The number of aliphatic hydroxyl groups excluding tert-OH is 1. The molecule has 0 aliphatic carbocycles. The minimum absolute atomic E-state index is 0.133. The highest BCUT2D eigenvalue weighted by Gasteiger charge is 2.71. The van der Waals surface area contributed by atoms with Crippen molar-refractivity contribution in [2.75, 3.05) is 36.1 Å². The van der Waals surface area contributed by atoms with Crippen molar-refractivity contribution in [3.63, 3.8) is 0 Å². The summed E-state index contributed by atoms with van der Waals surface area (Å²) in [7, 11) is 0. The Labute approximate surface area is 251 Å². The van der Waals surface area contributed by atoms with Gasteiger partial charge in [-0.05, 0) is 63.1 Å². The van der Waals surface area contributed by atoms with E-state index in [1.54, 1.807) is 33.4 Å². The van der Waals surface area contributed by atoms with Gasteiger partial charge < -0.3 is 24.5 Å². The molecule has 1 spiro atoms. The minimum atomic E-state index is -0.944. The van der Waals surface area contributed by atoms with E-state index < -0.39 is 28.7 Å². The molecule has 6 rings (SSSR count). The maximum Gasteiger partial charge on any atom is 0.251 e. The van der Waals surface area contributed by atoms with Gasteiger partial charge in [0, 0.05) is 29.7 Å². The van der Waals surface area contributed by atoms with Crippen molar-refractivity contribution in [1.82, 2.24) is 4.90 Å². The molecule has 0 saturated carbocycles. The highest BCUT2D eigenvalue weighted by Crippen LogP contribution is 2.61. The normalized spacial score (nSPS) is 29.3. The number of likely N-dealkylation sites (tertiary alicyclic amines) is 1. The van der Waals surface area contributed by atoms with Gasteiger partial charge in [-0.2, -0.15) is 0 Å². The van der Waals surface area contributed by atoms with Gasteiger partial charge in [0.05, 0.1) is 35.8 Å². The summed E-state index contributed by atoms with van der Waals surface area (Å²) in [5.41, 5.74) is 3.52. The summed E-state index contributed by atoms with van der Waals surface area (Å²) < 4.78 is 4.64. The van der Waals surface area contributed by atoms with Crippen LogP contribution in [0.2, 0.25) is 0 Å². The lowest BCUT2D eigenvalue weighted by molar-refractivity contribution is -0.141. The zero-order chi connectivity index (χ0) is 29.8. The Morgan fingerprint density at radius 1 is 0.976 bits per heavy atom. The standard InChI is InChI=1S/C33H37N3O5S/c1-5-41-24-14-12-23(13-15-24)34-17-7-11-25-26(30(34)38)27-31(39)36(22(4)19-37)29-32(40)35(18-8-16-33(27,29)42-25)28-20(2)9-6-10-21(28)3/h6-16,22,25-27,29,37H,5,17-19H2,1-4H3/t22-,25+,26-,27+,29?,33+/m1/s1. The van der Waals surface area contributed by atoms with Gasteiger partial charge >= 0.3 is 0 Å². The van der Waals surface area contributed by atoms with Gasteiger partial charge in [-0.15, -0.1) is 11.8 Å². The summed E-state index contributed by atoms with van der Waals surface area (Å²) in [4.78, 5) is 48.5. The van der Waals surface area contributed by atoms with Gasteiger partial charge in [-0.1, -0.05) is 42.5 Å². The Bertz CT molecular complexity index is 1450. The van der Waals surface area contributed by atoms with E-state index in [-0.39, 0.29) is 29.6 Å². The SMILES string of the molecule is CCOc1ccc(N2CC=C[C@@H]3S[C@]45C=CCN(c6c(C)cccc6C)C(=O)C4N([C@H](C)CO)C(=O)[C@@H]5[C@@H]3C2=O)cc1. The molecular formula is C33H37N3O5S. The molecule has 6 atom stereocenters. The molecule has 4 heterocycles. The Balaban J connectivity index is 1.43. The average molecular weight is 588 g/mol. The van der Waals surface area contributed by atoms with Crippen molar-refractivity contribution in [2.24, 2.45) is 11.8 Å². The van der Waals surface area contributed by atoms with E-state index in [2.05, 4.69) is 0 Å². The van der Waals surface area contributed by atoms with E-state index in [0.717, 1.165) is 28.3 Å². The molecule has 9 heteroatoms. The number of nitrogens with zero attached hydrogens (tertiary/aromatic N) is 3. The van der Waals surface area contributed by atoms with Gasteiger partial charge in [0.1, 0.15) is 11.8 Å². The highest BCUT2D eigenvalue weighted by atomic mass is 32.2. The molecule has 2 aromatic carbocycles. The van der Waals surface area contributed by atoms with Crippen LogP contribution in [0.4, 0.5) is 11.4 Å². The average Bonchev–Trinajstić information content (AvgIpc) is 3.30. The first-order valence-corrected chi connectivity index (χ1v) is 15.5. The van der Waals surface area contributed by atoms with Gasteiger partial charge in [-0.3, -0.25) is 14.4 Å². The molecule has 0 radical (unpaired) electrons. The maximum absolute atomic E-state index is 14.6. The van der Waals surface area contributed by atoms with Crippen LogP contribution in [0.25, 0.3) is 0 Å². The third kappa shape index (κ3) is 4.28. The largest absolute Gasteiger partial charge is 0.494 e. The fourth-order valence-electron chi connectivity index (χ4n) is 7.19. The fourth-order valence-corrected chi connectivity index (χ4v) is 9.18. The van der Waals surface area contributed by atoms with Crippen LogP contribution in [-0.4, -0.2) is 76.1 Å². The van der Waals surface area contributed by atoms with E-state index in [4.69, 9.17) is 4.74 Å². The number of ether oxygens (including phenoxy) is 1. The second kappa shape index (κ2) is 10.9. The number of carbonyl (C=O) groups is 3. The number of hydrogen-bond donors (Lipinski definition) is 1. The number of amides is 3. The van der Waals surface area contributed by atoms with Crippen molar-refractivity contribution < 1.29 is 24.2 Å². The van der Waals surface area contributed by atoms with E-state index in [1.807, 2.05) is 87.5 Å².